The van der Waals surface area contributed by atoms with Crippen molar-refractivity contribution in [3.8, 4) is 0 Å². The molecule has 1 aromatic heterocycles. The number of nitrogens with zero attached hydrogens (tertiary/aromatic N) is 2. The Morgan fingerprint density at radius 3 is 2.68 bits per heavy atom. The highest BCUT2D eigenvalue weighted by molar-refractivity contribution is 5.73. The zero-order valence-electron chi connectivity index (χ0n) is 12.1. The number of alkyl halides is 3. The summed E-state index contributed by atoms with van der Waals surface area (Å²) in [5, 5.41) is 0. The maximum Gasteiger partial charge on any atom is 0.416 e. The molecular formula is C15H15F3N2O2. The van der Waals surface area contributed by atoms with Crippen molar-refractivity contribution in [3.63, 3.8) is 0 Å². The molecule has 7 heteroatoms. The van der Waals surface area contributed by atoms with E-state index < -0.39 is 23.8 Å². The van der Waals surface area contributed by atoms with Crippen LogP contribution in [0.5, 0.6) is 0 Å². The molecule has 4 nitrogen and oxygen atoms in total. The van der Waals surface area contributed by atoms with E-state index in [1.807, 2.05) is 0 Å². The zero-order valence-corrected chi connectivity index (χ0v) is 12.1. The molecule has 0 saturated carbocycles. The molecular weight excluding hydrogens is 297 g/mol. The second kappa shape index (κ2) is 6.21. The summed E-state index contributed by atoms with van der Waals surface area (Å²) in [7, 11) is 1.26. The van der Waals surface area contributed by atoms with Crippen LogP contribution in [0.4, 0.5) is 13.2 Å². The minimum absolute atomic E-state index is 0.0238. The van der Waals surface area contributed by atoms with Gasteiger partial charge in [-0.25, -0.2) is 9.78 Å². The second-order valence-electron chi connectivity index (χ2n) is 4.78. The van der Waals surface area contributed by atoms with Crippen LogP contribution < -0.4 is 0 Å². The van der Waals surface area contributed by atoms with E-state index in [0.717, 1.165) is 6.07 Å². The highest BCUT2D eigenvalue weighted by Crippen LogP contribution is 2.32. The minimum atomic E-state index is -4.43. The first-order valence-corrected chi connectivity index (χ1v) is 6.59. The number of rotatable bonds is 4. The Labute approximate surface area is 125 Å². The van der Waals surface area contributed by atoms with Crippen LogP contribution in [0.25, 0.3) is 0 Å². The van der Waals surface area contributed by atoms with Gasteiger partial charge in [-0.05, 0) is 18.6 Å². The number of esters is 1. The van der Waals surface area contributed by atoms with Crippen molar-refractivity contribution in [2.75, 3.05) is 7.11 Å². The monoisotopic (exact) mass is 312 g/mol. The molecule has 0 aliphatic rings. The van der Waals surface area contributed by atoms with E-state index in [2.05, 4.69) is 9.72 Å². The second-order valence-corrected chi connectivity index (χ2v) is 4.78. The van der Waals surface area contributed by atoms with E-state index >= 15 is 0 Å². The fourth-order valence-electron chi connectivity index (χ4n) is 2.24. The van der Waals surface area contributed by atoms with Crippen LogP contribution in [0.1, 0.15) is 29.9 Å². The Bertz CT molecular complexity index is 665. The van der Waals surface area contributed by atoms with Gasteiger partial charge in [-0.15, -0.1) is 0 Å². The number of aromatic nitrogens is 2. The minimum Gasteiger partial charge on any atom is -0.467 e. The number of imidazole rings is 1. The lowest BCUT2D eigenvalue weighted by Crippen LogP contribution is -2.20. The number of hydrogen-bond acceptors (Lipinski definition) is 3. The highest BCUT2D eigenvalue weighted by Gasteiger charge is 2.33. The fourth-order valence-corrected chi connectivity index (χ4v) is 2.24. The summed E-state index contributed by atoms with van der Waals surface area (Å²) in [6, 6.07) is 4.68. The highest BCUT2D eigenvalue weighted by atomic mass is 19.4. The van der Waals surface area contributed by atoms with Gasteiger partial charge in [0.05, 0.1) is 12.7 Å². The molecule has 22 heavy (non-hydrogen) atoms. The van der Waals surface area contributed by atoms with E-state index in [-0.39, 0.29) is 12.0 Å². The molecule has 2 rings (SSSR count). The third-order valence-electron chi connectivity index (χ3n) is 3.38. The van der Waals surface area contributed by atoms with E-state index in [1.165, 1.54) is 30.0 Å². The largest absolute Gasteiger partial charge is 0.467 e. The van der Waals surface area contributed by atoms with Crippen LogP contribution in [-0.2, 0) is 22.1 Å². The molecule has 118 valence electrons. The number of benzene rings is 1. The Hall–Kier alpha value is -2.31. The number of ether oxygens (including phenoxy) is 1. The average molecular weight is 312 g/mol. The first kappa shape index (κ1) is 16.1. The third kappa shape index (κ3) is 3.29. The molecule has 0 aliphatic heterocycles. The zero-order chi connectivity index (χ0) is 16.3. The van der Waals surface area contributed by atoms with Crippen LogP contribution in [0.15, 0.2) is 36.7 Å². The molecule has 0 bridgehead atoms. The van der Waals surface area contributed by atoms with E-state index in [1.54, 1.807) is 19.2 Å². The lowest BCUT2D eigenvalue weighted by atomic mass is 10.0. The fraction of sp³-hybridized carbons (Fsp3) is 0.333. The van der Waals surface area contributed by atoms with E-state index in [9.17, 15) is 18.0 Å². The van der Waals surface area contributed by atoms with Gasteiger partial charge in [0.25, 0.3) is 0 Å². The molecule has 0 spiro atoms. The van der Waals surface area contributed by atoms with Gasteiger partial charge >= 0.3 is 12.1 Å². The Kier molecular flexibility index (Phi) is 4.54. The van der Waals surface area contributed by atoms with E-state index in [0.29, 0.717) is 5.82 Å². The lowest BCUT2D eigenvalue weighted by molar-refractivity contribution is -0.144. The van der Waals surface area contributed by atoms with Crippen molar-refractivity contribution < 1.29 is 22.7 Å². The number of methoxy groups -OCH3 is 1. The van der Waals surface area contributed by atoms with Gasteiger partial charge in [-0.3, -0.25) is 0 Å². The van der Waals surface area contributed by atoms with Gasteiger partial charge in [0.1, 0.15) is 11.9 Å². The summed E-state index contributed by atoms with van der Waals surface area (Å²) in [6.07, 6.45) is -1.45. The third-order valence-corrected chi connectivity index (χ3v) is 3.38. The SMILES string of the molecule is COC(=O)C(C)n1ccnc1Cc1ccccc1C(F)(F)F. The van der Waals surface area contributed by atoms with Gasteiger partial charge in [-0.1, -0.05) is 18.2 Å². The summed E-state index contributed by atoms with van der Waals surface area (Å²) in [6.45, 7) is 1.60. The molecule has 1 aromatic carbocycles. The smallest absolute Gasteiger partial charge is 0.416 e. The van der Waals surface area contributed by atoms with Crippen molar-refractivity contribution in [2.24, 2.45) is 0 Å². The van der Waals surface area contributed by atoms with Gasteiger partial charge in [0.15, 0.2) is 0 Å². The molecule has 0 radical (unpaired) electrons. The van der Waals surface area contributed by atoms with Crippen LogP contribution in [0.3, 0.4) is 0 Å². The van der Waals surface area contributed by atoms with Crippen molar-refractivity contribution in [1.82, 2.24) is 9.55 Å². The van der Waals surface area contributed by atoms with Crippen molar-refractivity contribution >= 4 is 5.97 Å². The van der Waals surface area contributed by atoms with Crippen LogP contribution in [0, 0.1) is 0 Å². The molecule has 0 aliphatic carbocycles. The molecule has 2 aromatic rings. The molecule has 0 saturated heterocycles. The van der Waals surface area contributed by atoms with Gasteiger partial charge in [0.2, 0.25) is 0 Å². The average Bonchev–Trinajstić information content (AvgIpc) is 2.93. The van der Waals surface area contributed by atoms with Crippen molar-refractivity contribution in [2.45, 2.75) is 25.6 Å². The molecule has 1 atom stereocenters. The van der Waals surface area contributed by atoms with Crippen LogP contribution in [-0.4, -0.2) is 22.6 Å². The molecule has 0 amide bonds. The predicted octanol–water partition coefficient (Wildman–Crippen LogP) is 3.23. The number of halogens is 3. The normalized spacial score (nSPS) is 13.0. The maximum absolute atomic E-state index is 13.0. The maximum atomic E-state index is 13.0. The summed E-state index contributed by atoms with van der Waals surface area (Å²) in [4.78, 5) is 15.7. The van der Waals surface area contributed by atoms with Gasteiger partial charge in [0, 0.05) is 18.8 Å². The summed E-state index contributed by atoms with van der Waals surface area (Å²) < 4.78 is 45.2. The molecule has 1 unspecified atom stereocenters. The quantitative estimate of drug-likeness (QED) is 0.814. The van der Waals surface area contributed by atoms with Gasteiger partial charge in [-0.2, -0.15) is 13.2 Å². The standard InChI is InChI=1S/C15H15F3N2O2/c1-10(14(21)22-2)20-8-7-19-13(20)9-11-5-3-4-6-12(11)15(16,17)18/h3-8,10H,9H2,1-2H3. The lowest BCUT2D eigenvalue weighted by Gasteiger charge is -2.16. The van der Waals surface area contributed by atoms with E-state index in [4.69, 9.17) is 0 Å². The number of carbonyl (C=O) groups excluding carboxylic acids is 1. The Balaban J connectivity index is 2.34. The van der Waals surface area contributed by atoms with Crippen molar-refractivity contribution in [3.05, 3.63) is 53.6 Å². The number of hydrogen-bond donors (Lipinski definition) is 0. The van der Waals surface area contributed by atoms with Crippen LogP contribution >= 0.6 is 0 Å². The van der Waals surface area contributed by atoms with Crippen LogP contribution in [0.2, 0.25) is 0 Å². The summed E-state index contributed by atoms with van der Waals surface area (Å²) >= 11 is 0. The molecule has 1 heterocycles. The summed E-state index contributed by atoms with van der Waals surface area (Å²) in [5.74, 6) is -0.113. The molecule has 0 fully saturated rings. The Morgan fingerprint density at radius 1 is 1.36 bits per heavy atom. The summed E-state index contributed by atoms with van der Waals surface area (Å²) in [5.41, 5.74) is -0.588. The van der Waals surface area contributed by atoms with Gasteiger partial charge < -0.3 is 9.30 Å². The predicted molar refractivity (Wildman–Crippen MR) is 73.2 cm³/mol. The topological polar surface area (TPSA) is 44.1 Å². The first-order chi connectivity index (χ1) is 10.3. The Morgan fingerprint density at radius 2 is 2.05 bits per heavy atom. The van der Waals surface area contributed by atoms with Crippen molar-refractivity contribution in [1.29, 1.82) is 0 Å². The first-order valence-electron chi connectivity index (χ1n) is 6.59. The number of carbonyl (C=O) groups is 1. The molecule has 0 N–H and O–H groups in total.